The Kier molecular flexibility index (Phi) is 3.99. The summed E-state index contributed by atoms with van der Waals surface area (Å²) >= 11 is 0. The number of methoxy groups -OCH3 is 1. The van der Waals surface area contributed by atoms with E-state index in [1.165, 1.54) is 7.11 Å². The Morgan fingerprint density at radius 1 is 1.30 bits per heavy atom. The number of ether oxygens (including phenoxy) is 1. The fraction of sp³-hybridized carbons (Fsp3) is 0.600. The second-order valence-corrected chi connectivity index (χ2v) is 5.77. The summed E-state index contributed by atoms with van der Waals surface area (Å²) in [6, 6.07) is 4.12. The Morgan fingerprint density at radius 3 is 2.45 bits per heavy atom. The minimum atomic E-state index is -0.390. The molecule has 1 unspecified atom stereocenters. The smallest absolute Gasteiger partial charge is 0.410 e. The van der Waals surface area contributed by atoms with Crippen LogP contribution in [0.4, 0.5) is 4.79 Å². The highest BCUT2D eigenvalue weighted by atomic mass is 16.5. The molecule has 0 aromatic carbocycles. The maximum atomic E-state index is 12.1. The third-order valence-electron chi connectivity index (χ3n) is 3.98. The van der Waals surface area contributed by atoms with Gasteiger partial charge < -0.3 is 9.64 Å². The van der Waals surface area contributed by atoms with E-state index in [4.69, 9.17) is 4.74 Å². The van der Waals surface area contributed by atoms with Crippen LogP contribution in [0.1, 0.15) is 23.9 Å². The summed E-state index contributed by atoms with van der Waals surface area (Å²) in [5, 5.41) is 0. The average molecular weight is 277 g/mol. The van der Waals surface area contributed by atoms with Crippen LogP contribution >= 0.6 is 0 Å². The number of pyridine rings is 1. The topological polar surface area (TPSA) is 45.7 Å². The van der Waals surface area contributed by atoms with Crippen molar-refractivity contribution in [2.75, 3.05) is 33.8 Å². The van der Waals surface area contributed by atoms with Crippen molar-refractivity contribution < 1.29 is 9.53 Å². The summed E-state index contributed by atoms with van der Waals surface area (Å²) in [6.45, 7) is 8.36. The molecule has 1 saturated heterocycles. The van der Waals surface area contributed by atoms with Crippen molar-refractivity contribution in [3.63, 3.8) is 0 Å². The number of carbonyl (C=O) groups is 1. The van der Waals surface area contributed by atoms with Crippen molar-refractivity contribution in [1.29, 1.82) is 0 Å². The third kappa shape index (κ3) is 2.63. The summed E-state index contributed by atoms with van der Waals surface area (Å²) in [7, 11) is 3.51. The van der Waals surface area contributed by atoms with Crippen LogP contribution in [-0.4, -0.2) is 54.7 Å². The molecule has 2 rings (SSSR count). The van der Waals surface area contributed by atoms with Crippen molar-refractivity contribution in [3.8, 4) is 0 Å². The second kappa shape index (κ2) is 5.40. The molecule has 5 nitrogen and oxygen atoms in total. The zero-order valence-corrected chi connectivity index (χ0v) is 12.9. The molecule has 1 aliphatic rings. The van der Waals surface area contributed by atoms with Gasteiger partial charge in [0.05, 0.1) is 12.6 Å². The first-order valence-electron chi connectivity index (χ1n) is 6.87. The van der Waals surface area contributed by atoms with Gasteiger partial charge in [-0.3, -0.25) is 9.88 Å². The minimum absolute atomic E-state index is 0.271. The van der Waals surface area contributed by atoms with Crippen LogP contribution in [0.3, 0.4) is 0 Å². The highest BCUT2D eigenvalue weighted by Crippen LogP contribution is 2.33. The molecule has 0 saturated carbocycles. The highest BCUT2D eigenvalue weighted by molar-refractivity contribution is 5.69. The number of piperazine rings is 1. The number of hydrogen-bond donors (Lipinski definition) is 0. The van der Waals surface area contributed by atoms with Crippen molar-refractivity contribution in [2.24, 2.45) is 0 Å². The average Bonchev–Trinajstić information content (AvgIpc) is 2.36. The lowest BCUT2D eigenvalue weighted by Crippen LogP contribution is -2.59. The third-order valence-corrected chi connectivity index (χ3v) is 3.98. The number of nitrogens with zero attached hydrogens (tertiary/aromatic N) is 3. The first-order valence-corrected chi connectivity index (χ1v) is 6.87. The van der Waals surface area contributed by atoms with E-state index in [-0.39, 0.29) is 6.09 Å². The quantitative estimate of drug-likeness (QED) is 0.787. The van der Waals surface area contributed by atoms with E-state index in [0.29, 0.717) is 6.54 Å². The Labute approximate surface area is 120 Å². The summed E-state index contributed by atoms with van der Waals surface area (Å²) in [6.07, 6.45) is -0.271. The van der Waals surface area contributed by atoms with E-state index >= 15 is 0 Å². The van der Waals surface area contributed by atoms with Gasteiger partial charge >= 0.3 is 6.09 Å². The predicted molar refractivity (Wildman–Crippen MR) is 77.7 cm³/mol. The second-order valence-electron chi connectivity index (χ2n) is 5.77. The maximum absolute atomic E-state index is 12.1. The van der Waals surface area contributed by atoms with Crippen LogP contribution in [0.25, 0.3) is 0 Å². The zero-order valence-electron chi connectivity index (χ0n) is 12.9. The first-order chi connectivity index (χ1) is 9.36. The molecule has 1 aliphatic heterocycles. The lowest BCUT2D eigenvalue weighted by molar-refractivity contribution is 0.0153. The summed E-state index contributed by atoms with van der Waals surface area (Å²) in [4.78, 5) is 20.6. The summed E-state index contributed by atoms with van der Waals surface area (Å²) in [5.74, 6) is 0. The Bertz CT molecular complexity index is 498. The molecule has 110 valence electrons. The minimum Gasteiger partial charge on any atom is -0.453 e. The largest absolute Gasteiger partial charge is 0.453 e. The van der Waals surface area contributed by atoms with E-state index in [0.717, 1.165) is 30.0 Å². The Hall–Kier alpha value is -1.62. The van der Waals surface area contributed by atoms with Crippen LogP contribution in [0.2, 0.25) is 0 Å². The Morgan fingerprint density at radius 2 is 1.90 bits per heavy atom. The number of amides is 1. The molecule has 0 spiro atoms. The molecular formula is C15H23N3O2. The first kappa shape index (κ1) is 14.8. The van der Waals surface area contributed by atoms with E-state index in [1.807, 2.05) is 18.7 Å². The molecule has 1 amide bonds. The van der Waals surface area contributed by atoms with Crippen LogP contribution in [0.15, 0.2) is 12.1 Å². The summed E-state index contributed by atoms with van der Waals surface area (Å²) < 4.78 is 4.96. The maximum Gasteiger partial charge on any atom is 0.410 e. The van der Waals surface area contributed by atoms with Gasteiger partial charge in [-0.15, -0.1) is 0 Å². The highest BCUT2D eigenvalue weighted by Gasteiger charge is 2.41. The SMILES string of the molecule is COC(=O)N1CCN(C)CC1(C)c1cc(C)nc(C)c1. The number of aromatic nitrogens is 1. The molecule has 0 aliphatic carbocycles. The van der Waals surface area contributed by atoms with Crippen LogP contribution in [-0.2, 0) is 10.3 Å². The van der Waals surface area contributed by atoms with Gasteiger partial charge in [0.1, 0.15) is 0 Å². The van der Waals surface area contributed by atoms with Crippen LogP contribution in [0, 0.1) is 13.8 Å². The van der Waals surface area contributed by atoms with Crippen molar-refractivity contribution in [2.45, 2.75) is 26.3 Å². The van der Waals surface area contributed by atoms with Gasteiger partial charge in [-0.1, -0.05) is 0 Å². The molecule has 1 aromatic rings. The van der Waals surface area contributed by atoms with E-state index in [2.05, 4.69) is 36.0 Å². The van der Waals surface area contributed by atoms with Crippen molar-refractivity contribution in [3.05, 3.63) is 29.1 Å². The van der Waals surface area contributed by atoms with Gasteiger partial charge in [0.2, 0.25) is 0 Å². The Balaban J connectivity index is 2.47. The lowest BCUT2D eigenvalue weighted by atomic mass is 9.87. The van der Waals surface area contributed by atoms with Crippen molar-refractivity contribution in [1.82, 2.24) is 14.8 Å². The lowest BCUT2D eigenvalue weighted by Gasteiger charge is -2.47. The predicted octanol–water partition coefficient (Wildman–Crippen LogP) is 1.93. The standard InChI is InChI=1S/C15H23N3O2/c1-11-8-13(9-12(2)16-11)15(3)10-17(4)6-7-18(15)14(19)20-5/h8-9H,6-7,10H2,1-5H3. The van der Waals surface area contributed by atoms with E-state index in [1.54, 1.807) is 0 Å². The number of aryl methyl sites for hydroxylation is 2. The van der Waals surface area contributed by atoms with Crippen molar-refractivity contribution >= 4 is 6.09 Å². The van der Waals surface area contributed by atoms with Gasteiger partial charge in [-0.25, -0.2) is 4.79 Å². The fourth-order valence-corrected chi connectivity index (χ4v) is 3.00. The number of likely N-dealkylation sites (N-methyl/N-ethyl adjacent to an activating group) is 1. The van der Waals surface area contributed by atoms with Gasteiger partial charge in [0.25, 0.3) is 0 Å². The van der Waals surface area contributed by atoms with E-state index in [9.17, 15) is 4.79 Å². The molecule has 1 aromatic heterocycles. The number of hydrogen-bond acceptors (Lipinski definition) is 4. The normalized spacial score (nSPS) is 23.8. The molecule has 0 bridgehead atoms. The number of carbonyl (C=O) groups excluding carboxylic acids is 1. The van der Waals surface area contributed by atoms with Crippen LogP contribution < -0.4 is 0 Å². The van der Waals surface area contributed by atoms with Crippen LogP contribution in [0.5, 0.6) is 0 Å². The van der Waals surface area contributed by atoms with Gasteiger partial charge in [0.15, 0.2) is 0 Å². The molecule has 20 heavy (non-hydrogen) atoms. The van der Waals surface area contributed by atoms with Gasteiger partial charge in [-0.2, -0.15) is 0 Å². The monoisotopic (exact) mass is 277 g/mol. The zero-order chi connectivity index (χ0) is 14.9. The fourth-order valence-electron chi connectivity index (χ4n) is 3.00. The molecule has 0 radical (unpaired) electrons. The van der Waals surface area contributed by atoms with Gasteiger partial charge in [0, 0.05) is 31.0 Å². The number of rotatable bonds is 1. The molecule has 5 heteroatoms. The molecule has 1 atom stereocenters. The molecule has 1 fully saturated rings. The summed E-state index contributed by atoms with van der Waals surface area (Å²) in [5.41, 5.74) is 2.66. The molecule has 2 heterocycles. The molecule has 0 N–H and O–H groups in total. The molecular weight excluding hydrogens is 254 g/mol. The van der Waals surface area contributed by atoms with Gasteiger partial charge in [-0.05, 0) is 45.5 Å². The van der Waals surface area contributed by atoms with E-state index < -0.39 is 5.54 Å².